The number of anilines is 2. The van der Waals surface area contributed by atoms with Gasteiger partial charge in [0.05, 0.1) is 40.2 Å². The molecule has 0 bridgehead atoms. The van der Waals surface area contributed by atoms with Gasteiger partial charge in [0.1, 0.15) is 16.9 Å². The maximum atomic E-state index is 11.7. The Morgan fingerprint density at radius 3 is 2.69 bits per heavy atom. The van der Waals surface area contributed by atoms with Gasteiger partial charge in [-0.15, -0.1) is 22.7 Å². The van der Waals surface area contributed by atoms with E-state index in [0.717, 1.165) is 32.9 Å². The van der Waals surface area contributed by atoms with E-state index in [-0.39, 0.29) is 30.1 Å². The Morgan fingerprint density at radius 1 is 1.10 bits per heavy atom. The van der Waals surface area contributed by atoms with Crippen molar-refractivity contribution in [2.75, 3.05) is 17.2 Å². The third-order valence-corrected chi connectivity index (χ3v) is 9.05. The second-order valence-corrected chi connectivity index (χ2v) is 12.6. The number of hydrogen-bond donors (Lipinski definition) is 3. The van der Waals surface area contributed by atoms with Gasteiger partial charge in [0.2, 0.25) is 11.9 Å². The molecule has 0 radical (unpaired) electrons. The van der Waals surface area contributed by atoms with E-state index in [1.165, 1.54) is 11.8 Å². The van der Waals surface area contributed by atoms with E-state index < -0.39 is 5.79 Å². The number of hydrogen-bond acceptors (Lipinski definition) is 10. The Hall–Kier alpha value is -3.12. The Bertz CT molecular complexity index is 1450. The number of thiophene rings is 1. The van der Waals surface area contributed by atoms with Crippen molar-refractivity contribution in [3.8, 4) is 10.6 Å². The van der Waals surface area contributed by atoms with Crippen molar-refractivity contribution >= 4 is 50.6 Å². The summed E-state index contributed by atoms with van der Waals surface area (Å²) in [7, 11) is 0. The quantitative estimate of drug-likeness (QED) is 0.268. The molecule has 0 spiro atoms. The lowest BCUT2D eigenvalue weighted by Gasteiger charge is -2.25. The smallest absolute Gasteiger partial charge is 0.225 e. The van der Waals surface area contributed by atoms with Crippen molar-refractivity contribution in [2.24, 2.45) is 5.92 Å². The number of fused-ring (bicyclic) bond motifs is 2. The summed E-state index contributed by atoms with van der Waals surface area (Å²) in [6.07, 6.45) is 0.459. The fourth-order valence-electron chi connectivity index (χ4n) is 5.45. The summed E-state index contributed by atoms with van der Waals surface area (Å²) in [5, 5.41) is 13.0. The Balaban J connectivity index is 1.35. The second kappa shape index (κ2) is 10.5. The number of aryl methyl sites for hydroxylation is 1. The lowest BCUT2D eigenvalue weighted by molar-refractivity contribution is -0.157. The average molecular weight is 565 g/mol. The van der Waals surface area contributed by atoms with Gasteiger partial charge in [-0.05, 0) is 50.8 Å². The molecule has 6 rings (SSSR count). The van der Waals surface area contributed by atoms with E-state index in [1.54, 1.807) is 22.7 Å². The summed E-state index contributed by atoms with van der Waals surface area (Å²) >= 11 is 3.33. The number of carbonyl (C=O) groups is 1. The lowest BCUT2D eigenvalue weighted by atomic mass is 10.1. The van der Waals surface area contributed by atoms with E-state index in [4.69, 9.17) is 24.4 Å². The molecule has 3 aromatic heterocycles. The molecule has 39 heavy (non-hydrogen) atoms. The van der Waals surface area contributed by atoms with Crippen LogP contribution in [0, 0.1) is 12.8 Å². The van der Waals surface area contributed by atoms with Crippen molar-refractivity contribution in [1.82, 2.24) is 20.3 Å². The van der Waals surface area contributed by atoms with Gasteiger partial charge in [-0.1, -0.05) is 18.2 Å². The number of ether oxygens (including phenoxy) is 2. The number of carbonyl (C=O) groups excluding carboxylic acids is 1. The molecule has 1 unspecified atom stereocenters. The fourth-order valence-corrected chi connectivity index (χ4v) is 7.16. The minimum atomic E-state index is -0.699. The SMILES string of the molecule is CC(=O)NC[C@H]1CC(Nc2nc(NCc3cccs3)nc(C)c2-c2nc3ccccc3s2)[C@@H]2OC(C)(C)O[C@H]12. The van der Waals surface area contributed by atoms with Gasteiger partial charge >= 0.3 is 0 Å². The lowest BCUT2D eigenvalue weighted by Crippen LogP contribution is -2.35. The van der Waals surface area contributed by atoms with Crippen LogP contribution in [0.1, 0.15) is 37.8 Å². The number of nitrogens with zero attached hydrogens (tertiary/aromatic N) is 3. The van der Waals surface area contributed by atoms with Crippen LogP contribution >= 0.6 is 22.7 Å². The van der Waals surface area contributed by atoms with Crippen LogP contribution in [-0.2, 0) is 20.8 Å². The molecule has 3 N–H and O–H groups in total. The van der Waals surface area contributed by atoms with Crippen LogP contribution in [0.4, 0.5) is 11.8 Å². The van der Waals surface area contributed by atoms with Gasteiger partial charge in [-0.2, -0.15) is 4.98 Å². The normalized spacial score (nSPS) is 23.6. The molecular weight excluding hydrogens is 532 g/mol. The van der Waals surface area contributed by atoms with Gasteiger partial charge in [0.25, 0.3) is 0 Å². The maximum Gasteiger partial charge on any atom is 0.225 e. The summed E-state index contributed by atoms with van der Waals surface area (Å²) in [6.45, 7) is 8.60. The molecule has 204 valence electrons. The zero-order chi connectivity index (χ0) is 27.1. The molecule has 4 aromatic rings. The highest BCUT2D eigenvalue weighted by molar-refractivity contribution is 7.21. The zero-order valence-electron chi connectivity index (χ0n) is 22.4. The number of thiazole rings is 1. The summed E-state index contributed by atoms with van der Waals surface area (Å²) in [4.78, 5) is 27.6. The third-order valence-electron chi connectivity index (χ3n) is 7.12. The van der Waals surface area contributed by atoms with Crippen molar-refractivity contribution < 1.29 is 14.3 Å². The van der Waals surface area contributed by atoms with Gasteiger partial charge in [-0.25, -0.2) is 9.97 Å². The van der Waals surface area contributed by atoms with E-state index in [1.807, 2.05) is 45.0 Å². The number of benzene rings is 1. The number of rotatable bonds is 8. The first-order valence-electron chi connectivity index (χ1n) is 13.1. The summed E-state index contributed by atoms with van der Waals surface area (Å²) in [6, 6.07) is 12.2. The molecule has 1 saturated carbocycles. The highest BCUT2D eigenvalue weighted by Crippen LogP contribution is 2.44. The van der Waals surface area contributed by atoms with Crippen LogP contribution < -0.4 is 16.0 Å². The molecule has 9 nitrogen and oxygen atoms in total. The predicted octanol–water partition coefficient (Wildman–Crippen LogP) is 5.19. The Kier molecular flexibility index (Phi) is 7.00. The van der Waals surface area contributed by atoms with Crippen LogP contribution in [0.15, 0.2) is 41.8 Å². The highest BCUT2D eigenvalue weighted by Gasteiger charge is 2.54. The van der Waals surface area contributed by atoms with Crippen molar-refractivity contribution in [3.05, 3.63) is 52.3 Å². The zero-order valence-corrected chi connectivity index (χ0v) is 24.0. The van der Waals surface area contributed by atoms with Crippen LogP contribution in [0.3, 0.4) is 0 Å². The average Bonchev–Trinajstić information content (AvgIpc) is 3.66. The Labute approximate surface area is 235 Å². The molecule has 1 saturated heterocycles. The highest BCUT2D eigenvalue weighted by atomic mass is 32.1. The monoisotopic (exact) mass is 564 g/mol. The first-order chi connectivity index (χ1) is 18.8. The van der Waals surface area contributed by atoms with Crippen molar-refractivity contribution in [2.45, 2.75) is 64.7 Å². The molecule has 11 heteroatoms. The second-order valence-electron chi connectivity index (χ2n) is 10.5. The predicted molar refractivity (Wildman–Crippen MR) is 155 cm³/mol. The first kappa shape index (κ1) is 26.1. The fraction of sp³-hybridized carbons (Fsp3) is 0.429. The topological polar surface area (TPSA) is 110 Å². The van der Waals surface area contributed by atoms with Gasteiger partial charge in [-0.3, -0.25) is 4.79 Å². The molecule has 1 aliphatic heterocycles. The van der Waals surface area contributed by atoms with Crippen LogP contribution in [0.2, 0.25) is 0 Å². The van der Waals surface area contributed by atoms with Gasteiger partial charge in [0, 0.05) is 24.3 Å². The summed E-state index contributed by atoms with van der Waals surface area (Å²) in [5.41, 5.74) is 2.68. The minimum absolute atomic E-state index is 0.0489. The molecule has 4 atom stereocenters. The van der Waals surface area contributed by atoms with Crippen LogP contribution in [0.5, 0.6) is 0 Å². The first-order valence-corrected chi connectivity index (χ1v) is 14.8. The van der Waals surface area contributed by atoms with E-state index in [2.05, 4.69) is 33.5 Å². The number of amides is 1. The molecule has 2 fully saturated rings. The molecule has 1 aliphatic carbocycles. The summed E-state index contributed by atoms with van der Waals surface area (Å²) < 4.78 is 13.8. The Morgan fingerprint density at radius 2 is 1.92 bits per heavy atom. The standard InChI is InChI=1S/C28H32N6O3S2/c1-15-22(26-33-19-9-5-6-10-21(19)39-26)25(34-27(31-15)30-14-18-8-7-11-38-18)32-20-12-17(13-29-16(2)35)23-24(20)37-28(3,4)36-23/h5-11,17,20,23-24H,12-14H2,1-4H3,(H,29,35)(H2,30,31,32,34)/t17-,20?,23-,24+/m1/s1. The molecule has 1 amide bonds. The van der Waals surface area contributed by atoms with E-state index >= 15 is 0 Å². The van der Waals surface area contributed by atoms with Crippen molar-refractivity contribution in [1.29, 1.82) is 0 Å². The van der Waals surface area contributed by atoms with Crippen LogP contribution in [-0.4, -0.2) is 51.4 Å². The maximum absolute atomic E-state index is 11.7. The van der Waals surface area contributed by atoms with E-state index in [0.29, 0.717) is 24.9 Å². The van der Waals surface area contributed by atoms with E-state index in [9.17, 15) is 4.79 Å². The molecule has 1 aromatic carbocycles. The van der Waals surface area contributed by atoms with Gasteiger partial charge in [0.15, 0.2) is 5.79 Å². The number of nitrogens with one attached hydrogen (secondary N) is 3. The molecular formula is C28H32N6O3S2. The van der Waals surface area contributed by atoms with Gasteiger partial charge < -0.3 is 25.4 Å². The van der Waals surface area contributed by atoms with Crippen LogP contribution in [0.25, 0.3) is 20.8 Å². The summed E-state index contributed by atoms with van der Waals surface area (Å²) in [5.74, 6) is 0.638. The van der Waals surface area contributed by atoms with Crippen molar-refractivity contribution in [3.63, 3.8) is 0 Å². The minimum Gasteiger partial charge on any atom is -0.364 e. The number of aromatic nitrogens is 3. The molecule has 4 heterocycles. The largest absolute Gasteiger partial charge is 0.364 e. The third kappa shape index (κ3) is 5.49. The molecule has 2 aliphatic rings. The number of para-hydroxylation sites is 1.